The maximum Gasteiger partial charge on any atom is 0.242 e. The van der Waals surface area contributed by atoms with Crippen molar-refractivity contribution < 1.29 is 13.2 Å². The van der Waals surface area contributed by atoms with Crippen LogP contribution in [0.25, 0.3) is 10.8 Å². The molecule has 1 amide bonds. The number of nitrogens with zero attached hydrogens (tertiary/aromatic N) is 1. The smallest absolute Gasteiger partial charge is 0.242 e. The van der Waals surface area contributed by atoms with Crippen LogP contribution in [0.4, 0.5) is 0 Å². The average molecular weight is 382 g/mol. The van der Waals surface area contributed by atoms with Crippen molar-refractivity contribution >= 4 is 26.7 Å². The highest BCUT2D eigenvalue weighted by Crippen LogP contribution is 2.20. The van der Waals surface area contributed by atoms with Crippen molar-refractivity contribution in [3.8, 4) is 0 Å². The Bertz CT molecular complexity index is 1070. The predicted molar refractivity (Wildman–Crippen MR) is 107 cm³/mol. The van der Waals surface area contributed by atoms with Crippen LogP contribution in [0.1, 0.15) is 11.1 Å². The molecule has 0 spiro atoms. The van der Waals surface area contributed by atoms with Crippen molar-refractivity contribution in [1.29, 1.82) is 0 Å². The molecule has 0 heterocycles. The van der Waals surface area contributed by atoms with Crippen molar-refractivity contribution in [2.45, 2.75) is 17.9 Å². The van der Waals surface area contributed by atoms with E-state index in [1.165, 1.54) is 18.4 Å². The molecule has 140 valence electrons. The van der Waals surface area contributed by atoms with Crippen LogP contribution in [0.2, 0.25) is 0 Å². The molecule has 3 rings (SSSR count). The first-order valence-corrected chi connectivity index (χ1v) is 10.1. The van der Waals surface area contributed by atoms with E-state index < -0.39 is 10.0 Å². The summed E-state index contributed by atoms with van der Waals surface area (Å²) >= 11 is 0. The van der Waals surface area contributed by atoms with Crippen molar-refractivity contribution in [3.63, 3.8) is 0 Å². The highest BCUT2D eigenvalue weighted by Gasteiger charge is 2.20. The first-order chi connectivity index (χ1) is 12.9. The molecule has 27 heavy (non-hydrogen) atoms. The van der Waals surface area contributed by atoms with Gasteiger partial charge < -0.3 is 5.32 Å². The Morgan fingerprint density at radius 3 is 2.30 bits per heavy atom. The van der Waals surface area contributed by atoms with Gasteiger partial charge in [0.2, 0.25) is 15.9 Å². The second kappa shape index (κ2) is 7.90. The van der Waals surface area contributed by atoms with Crippen LogP contribution in [-0.4, -0.2) is 32.7 Å². The lowest BCUT2D eigenvalue weighted by Crippen LogP contribution is -2.27. The van der Waals surface area contributed by atoms with Crippen molar-refractivity contribution in [1.82, 2.24) is 9.62 Å². The van der Waals surface area contributed by atoms with Gasteiger partial charge in [0.05, 0.1) is 11.3 Å². The summed E-state index contributed by atoms with van der Waals surface area (Å²) in [6, 6.07) is 20.5. The zero-order valence-electron chi connectivity index (χ0n) is 15.3. The fourth-order valence-electron chi connectivity index (χ4n) is 2.97. The largest absolute Gasteiger partial charge is 0.352 e. The van der Waals surface area contributed by atoms with Gasteiger partial charge in [-0.05, 0) is 28.0 Å². The SMILES string of the molecule is CN(C)S(=O)(=O)c1ccccc1CNC(=O)Cc1cccc2ccccc12. The summed E-state index contributed by atoms with van der Waals surface area (Å²) in [7, 11) is -0.579. The maximum absolute atomic E-state index is 12.5. The van der Waals surface area contributed by atoms with E-state index in [1.54, 1.807) is 24.3 Å². The Balaban J connectivity index is 1.75. The number of carbonyl (C=O) groups excluding carboxylic acids is 1. The second-order valence-corrected chi connectivity index (χ2v) is 8.61. The summed E-state index contributed by atoms with van der Waals surface area (Å²) in [6.07, 6.45) is 0.240. The normalized spacial score (nSPS) is 11.7. The Kier molecular flexibility index (Phi) is 5.58. The van der Waals surface area contributed by atoms with E-state index in [4.69, 9.17) is 0 Å². The molecule has 0 radical (unpaired) electrons. The molecule has 3 aromatic rings. The van der Waals surface area contributed by atoms with Gasteiger partial charge in [-0.1, -0.05) is 60.7 Å². The molecule has 0 bridgehead atoms. The van der Waals surface area contributed by atoms with Gasteiger partial charge in [-0.2, -0.15) is 0 Å². The summed E-state index contributed by atoms with van der Waals surface area (Å²) in [5.74, 6) is -0.150. The summed E-state index contributed by atoms with van der Waals surface area (Å²) < 4.78 is 26.1. The number of rotatable bonds is 6. The molecule has 3 aromatic carbocycles. The van der Waals surface area contributed by atoms with Gasteiger partial charge in [0.15, 0.2) is 0 Å². The minimum Gasteiger partial charge on any atom is -0.352 e. The highest BCUT2D eigenvalue weighted by molar-refractivity contribution is 7.89. The quantitative estimate of drug-likeness (QED) is 0.713. The van der Waals surface area contributed by atoms with Crippen LogP contribution in [0.5, 0.6) is 0 Å². The second-order valence-electron chi connectivity index (χ2n) is 6.49. The molecule has 0 saturated carbocycles. The molecule has 0 saturated heterocycles. The van der Waals surface area contributed by atoms with Crippen molar-refractivity contribution in [2.75, 3.05) is 14.1 Å². The third-order valence-corrected chi connectivity index (χ3v) is 6.35. The minimum atomic E-state index is -3.56. The molecule has 1 N–H and O–H groups in total. The maximum atomic E-state index is 12.5. The molecule has 0 aliphatic carbocycles. The summed E-state index contributed by atoms with van der Waals surface area (Å²) in [6.45, 7) is 0.160. The van der Waals surface area contributed by atoms with Crippen LogP contribution in [0, 0.1) is 0 Å². The lowest BCUT2D eigenvalue weighted by molar-refractivity contribution is -0.120. The molecular formula is C21H22N2O3S. The molecular weight excluding hydrogens is 360 g/mol. The fraction of sp³-hybridized carbons (Fsp3) is 0.190. The number of fused-ring (bicyclic) bond motifs is 1. The topological polar surface area (TPSA) is 66.5 Å². The highest BCUT2D eigenvalue weighted by atomic mass is 32.2. The number of amides is 1. The minimum absolute atomic E-state index is 0.150. The fourth-order valence-corrected chi connectivity index (χ4v) is 4.09. The molecule has 5 nitrogen and oxygen atoms in total. The van der Waals surface area contributed by atoms with Crippen molar-refractivity contribution in [2.24, 2.45) is 0 Å². The van der Waals surface area contributed by atoms with Crippen LogP contribution in [0.3, 0.4) is 0 Å². The summed E-state index contributed by atoms with van der Waals surface area (Å²) in [5, 5.41) is 4.98. The zero-order chi connectivity index (χ0) is 19.4. The van der Waals surface area contributed by atoms with Crippen LogP contribution in [0.15, 0.2) is 71.6 Å². The Morgan fingerprint density at radius 1 is 0.889 bits per heavy atom. The van der Waals surface area contributed by atoms with E-state index in [0.717, 1.165) is 16.3 Å². The molecule has 6 heteroatoms. The molecule has 0 unspecified atom stereocenters. The number of sulfonamides is 1. The molecule has 0 aliphatic heterocycles. The summed E-state index contributed by atoms with van der Waals surface area (Å²) in [4.78, 5) is 12.7. The van der Waals surface area contributed by atoms with Crippen molar-refractivity contribution in [3.05, 3.63) is 77.9 Å². The van der Waals surface area contributed by atoms with E-state index >= 15 is 0 Å². The monoisotopic (exact) mass is 382 g/mol. The van der Waals surface area contributed by atoms with E-state index in [9.17, 15) is 13.2 Å². The van der Waals surface area contributed by atoms with Gasteiger partial charge in [-0.15, -0.1) is 0 Å². The summed E-state index contributed by atoms with van der Waals surface area (Å²) in [5.41, 5.74) is 1.51. The van der Waals surface area contributed by atoms with Gasteiger partial charge in [-0.3, -0.25) is 4.79 Å². The average Bonchev–Trinajstić information content (AvgIpc) is 2.67. The van der Waals surface area contributed by atoms with Crippen LogP contribution in [-0.2, 0) is 27.8 Å². The Labute approximate surface area is 159 Å². The first-order valence-electron chi connectivity index (χ1n) is 8.63. The Morgan fingerprint density at radius 2 is 1.52 bits per heavy atom. The molecule has 0 fully saturated rings. The predicted octanol–water partition coefficient (Wildman–Crippen LogP) is 2.95. The van der Waals surface area contributed by atoms with E-state index in [1.807, 2.05) is 42.5 Å². The number of nitrogens with one attached hydrogen (secondary N) is 1. The third-order valence-electron chi connectivity index (χ3n) is 4.44. The first kappa shape index (κ1) is 19.1. The number of benzene rings is 3. The number of hydrogen-bond acceptors (Lipinski definition) is 3. The van der Waals surface area contributed by atoms with Crippen LogP contribution >= 0.6 is 0 Å². The molecule has 0 aromatic heterocycles. The van der Waals surface area contributed by atoms with E-state index in [2.05, 4.69) is 5.32 Å². The number of carbonyl (C=O) groups is 1. The zero-order valence-corrected chi connectivity index (χ0v) is 16.2. The van der Waals surface area contributed by atoms with Gasteiger partial charge in [0, 0.05) is 20.6 Å². The third kappa shape index (κ3) is 4.18. The lowest BCUT2D eigenvalue weighted by atomic mass is 10.0. The van der Waals surface area contributed by atoms with Gasteiger partial charge in [-0.25, -0.2) is 12.7 Å². The van der Waals surface area contributed by atoms with Gasteiger partial charge >= 0.3 is 0 Å². The van der Waals surface area contributed by atoms with Gasteiger partial charge in [0.1, 0.15) is 0 Å². The van der Waals surface area contributed by atoms with Gasteiger partial charge in [0.25, 0.3) is 0 Å². The lowest BCUT2D eigenvalue weighted by Gasteiger charge is -2.15. The van der Waals surface area contributed by atoms with E-state index in [0.29, 0.717) is 5.56 Å². The molecule has 0 aliphatic rings. The molecule has 0 atom stereocenters. The number of hydrogen-bond donors (Lipinski definition) is 1. The standard InChI is InChI=1S/C21H22N2O3S/c1-23(2)27(25,26)20-13-6-4-9-18(20)15-22-21(24)14-17-11-7-10-16-8-3-5-12-19(16)17/h3-13H,14-15H2,1-2H3,(H,22,24). The Hall–Kier alpha value is -2.70. The van der Waals surface area contributed by atoms with Crippen LogP contribution < -0.4 is 5.32 Å². The van der Waals surface area contributed by atoms with E-state index in [-0.39, 0.29) is 23.8 Å².